The van der Waals surface area contributed by atoms with Crippen LogP contribution >= 0.6 is 0 Å². The van der Waals surface area contributed by atoms with Gasteiger partial charge in [0.1, 0.15) is 11.3 Å². The third-order valence-corrected chi connectivity index (χ3v) is 3.23. The minimum atomic E-state index is 0.00390. The van der Waals surface area contributed by atoms with E-state index in [1.807, 2.05) is 45.0 Å². The van der Waals surface area contributed by atoms with Gasteiger partial charge in [0.25, 0.3) is 0 Å². The van der Waals surface area contributed by atoms with Gasteiger partial charge in [-0.05, 0) is 32.9 Å². The Morgan fingerprint density at radius 3 is 2.55 bits per heavy atom. The standard InChI is InChI=1S/C14H15N5O/c1-8(13-9(2)19-20-10(13)3)15-14-16-11-6-4-5-7-12(11)17-18-14/h4-8H,1-3H3,(H,15,16,18). The lowest BCUT2D eigenvalue weighted by Gasteiger charge is -2.13. The van der Waals surface area contributed by atoms with Gasteiger partial charge in [-0.15, -0.1) is 10.2 Å². The van der Waals surface area contributed by atoms with Gasteiger partial charge in [-0.1, -0.05) is 17.3 Å². The number of aromatic nitrogens is 4. The number of anilines is 1. The van der Waals surface area contributed by atoms with Crippen LogP contribution in [0.25, 0.3) is 11.0 Å². The second kappa shape index (κ2) is 4.88. The molecule has 1 unspecified atom stereocenters. The van der Waals surface area contributed by atoms with Crippen molar-refractivity contribution in [2.75, 3.05) is 5.32 Å². The fourth-order valence-electron chi connectivity index (χ4n) is 2.32. The summed E-state index contributed by atoms with van der Waals surface area (Å²) in [6.07, 6.45) is 0. The van der Waals surface area contributed by atoms with Gasteiger partial charge in [-0.3, -0.25) is 0 Å². The zero-order valence-corrected chi connectivity index (χ0v) is 11.6. The highest BCUT2D eigenvalue weighted by Crippen LogP contribution is 2.23. The Kier molecular flexibility index (Phi) is 3.06. The topological polar surface area (TPSA) is 76.7 Å². The summed E-state index contributed by atoms with van der Waals surface area (Å²) < 4.78 is 5.18. The summed E-state index contributed by atoms with van der Waals surface area (Å²) in [5, 5.41) is 15.4. The molecule has 0 saturated carbocycles. The molecule has 0 aliphatic heterocycles. The highest BCUT2D eigenvalue weighted by molar-refractivity contribution is 5.74. The first-order valence-electron chi connectivity index (χ1n) is 6.44. The molecule has 2 aromatic heterocycles. The number of aryl methyl sites for hydroxylation is 2. The lowest BCUT2D eigenvalue weighted by atomic mass is 10.1. The molecule has 3 rings (SSSR count). The number of fused-ring (bicyclic) bond motifs is 1. The van der Waals surface area contributed by atoms with E-state index >= 15 is 0 Å². The third kappa shape index (κ3) is 2.20. The number of nitrogens with zero attached hydrogens (tertiary/aromatic N) is 4. The smallest absolute Gasteiger partial charge is 0.243 e. The van der Waals surface area contributed by atoms with Crippen molar-refractivity contribution in [1.82, 2.24) is 20.3 Å². The van der Waals surface area contributed by atoms with Crippen molar-refractivity contribution in [1.29, 1.82) is 0 Å². The minimum absolute atomic E-state index is 0.00390. The molecule has 1 atom stereocenters. The zero-order valence-electron chi connectivity index (χ0n) is 11.6. The summed E-state index contributed by atoms with van der Waals surface area (Å²) in [7, 11) is 0. The van der Waals surface area contributed by atoms with E-state index in [0.29, 0.717) is 5.95 Å². The van der Waals surface area contributed by atoms with Crippen molar-refractivity contribution in [2.24, 2.45) is 0 Å². The molecule has 2 heterocycles. The number of benzene rings is 1. The number of hydrogen-bond acceptors (Lipinski definition) is 6. The van der Waals surface area contributed by atoms with Crippen LogP contribution in [0.2, 0.25) is 0 Å². The second-order valence-corrected chi connectivity index (χ2v) is 4.73. The summed E-state index contributed by atoms with van der Waals surface area (Å²) in [5.74, 6) is 1.30. The highest BCUT2D eigenvalue weighted by atomic mass is 16.5. The van der Waals surface area contributed by atoms with Gasteiger partial charge in [0.2, 0.25) is 5.95 Å². The molecule has 0 bridgehead atoms. The number of nitrogens with one attached hydrogen (secondary N) is 1. The SMILES string of the molecule is Cc1noc(C)c1C(C)Nc1nnc2ccccc2n1. The lowest BCUT2D eigenvalue weighted by Crippen LogP contribution is -2.11. The van der Waals surface area contributed by atoms with Crippen molar-refractivity contribution in [3.63, 3.8) is 0 Å². The number of hydrogen-bond donors (Lipinski definition) is 1. The molecule has 0 amide bonds. The van der Waals surface area contributed by atoms with Crippen molar-refractivity contribution in [2.45, 2.75) is 26.8 Å². The van der Waals surface area contributed by atoms with Crippen LogP contribution in [0.3, 0.4) is 0 Å². The molecule has 0 aliphatic carbocycles. The van der Waals surface area contributed by atoms with Crippen LogP contribution in [0, 0.1) is 13.8 Å². The predicted octanol–water partition coefficient (Wildman–Crippen LogP) is 2.80. The van der Waals surface area contributed by atoms with Crippen molar-refractivity contribution in [3.05, 3.63) is 41.3 Å². The normalized spacial score (nSPS) is 12.6. The van der Waals surface area contributed by atoms with Gasteiger partial charge in [-0.25, -0.2) is 4.98 Å². The Labute approximate surface area is 116 Å². The quantitative estimate of drug-likeness (QED) is 0.787. The maximum atomic E-state index is 5.18. The van der Waals surface area contributed by atoms with Crippen molar-refractivity contribution >= 4 is 17.0 Å². The Balaban J connectivity index is 1.89. The fourth-order valence-corrected chi connectivity index (χ4v) is 2.32. The van der Waals surface area contributed by atoms with Crippen LogP contribution in [-0.2, 0) is 0 Å². The first-order valence-corrected chi connectivity index (χ1v) is 6.44. The third-order valence-electron chi connectivity index (χ3n) is 3.23. The van der Waals surface area contributed by atoms with E-state index in [1.54, 1.807) is 0 Å². The van der Waals surface area contributed by atoms with E-state index in [9.17, 15) is 0 Å². The van der Waals surface area contributed by atoms with Crippen molar-refractivity contribution in [3.8, 4) is 0 Å². The molecule has 1 aromatic carbocycles. The maximum absolute atomic E-state index is 5.18. The average molecular weight is 269 g/mol. The average Bonchev–Trinajstić information content (AvgIpc) is 2.78. The van der Waals surface area contributed by atoms with E-state index in [1.165, 1.54) is 0 Å². The minimum Gasteiger partial charge on any atom is -0.361 e. The molecule has 0 spiro atoms. The Morgan fingerprint density at radius 1 is 1.10 bits per heavy atom. The lowest BCUT2D eigenvalue weighted by molar-refractivity contribution is 0.392. The van der Waals surface area contributed by atoms with Gasteiger partial charge >= 0.3 is 0 Å². The van der Waals surface area contributed by atoms with Gasteiger partial charge in [0.15, 0.2) is 0 Å². The summed E-state index contributed by atoms with van der Waals surface area (Å²) in [4.78, 5) is 4.45. The summed E-state index contributed by atoms with van der Waals surface area (Å²) in [5.41, 5.74) is 3.50. The molecular weight excluding hydrogens is 254 g/mol. The van der Waals surface area contributed by atoms with Crippen LogP contribution < -0.4 is 5.32 Å². The van der Waals surface area contributed by atoms with Crippen LogP contribution in [0.5, 0.6) is 0 Å². The molecule has 0 saturated heterocycles. The molecule has 0 radical (unpaired) electrons. The Morgan fingerprint density at radius 2 is 1.85 bits per heavy atom. The first kappa shape index (κ1) is 12.5. The molecule has 6 nitrogen and oxygen atoms in total. The summed E-state index contributed by atoms with van der Waals surface area (Å²) >= 11 is 0. The molecule has 1 N–H and O–H groups in total. The summed E-state index contributed by atoms with van der Waals surface area (Å²) in [6.45, 7) is 5.83. The molecule has 20 heavy (non-hydrogen) atoms. The van der Waals surface area contributed by atoms with Crippen LogP contribution in [-0.4, -0.2) is 20.3 Å². The molecule has 3 aromatic rings. The Hall–Kier alpha value is -2.50. The fraction of sp³-hybridized carbons (Fsp3) is 0.286. The van der Waals surface area contributed by atoms with E-state index < -0.39 is 0 Å². The molecular formula is C14H15N5O. The van der Waals surface area contributed by atoms with Gasteiger partial charge in [0.05, 0.1) is 17.3 Å². The summed E-state index contributed by atoms with van der Waals surface area (Å²) in [6, 6.07) is 7.65. The number of para-hydroxylation sites is 1. The molecule has 0 fully saturated rings. The van der Waals surface area contributed by atoms with Gasteiger partial charge in [0, 0.05) is 5.56 Å². The van der Waals surface area contributed by atoms with Crippen LogP contribution in [0.4, 0.5) is 5.95 Å². The van der Waals surface area contributed by atoms with Crippen molar-refractivity contribution < 1.29 is 4.52 Å². The van der Waals surface area contributed by atoms with Crippen LogP contribution in [0.1, 0.15) is 30.0 Å². The highest BCUT2D eigenvalue weighted by Gasteiger charge is 2.17. The maximum Gasteiger partial charge on any atom is 0.243 e. The first-order chi connectivity index (χ1) is 9.65. The van der Waals surface area contributed by atoms with E-state index in [4.69, 9.17) is 4.52 Å². The second-order valence-electron chi connectivity index (χ2n) is 4.73. The Bertz CT molecular complexity index is 733. The zero-order chi connectivity index (χ0) is 14.1. The van der Waals surface area contributed by atoms with E-state index in [2.05, 4.69) is 25.7 Å². The van der Waals surface area contributed by atoms with Crippen LogP contribution in [0.15, 0.2) is 28.8 Å². The predicted molar refractivity (Wildman–Crippen MR) is 75.3 cm³/mol. The monoisotopic (exact) mass is 269 g/mol. The van der Waals surface area contributed by atoms with E-state index in [0.717, 1.165) is 28.1 Å². The van der Waals surface area contributed by atoms with E-state index in [-0.39, 0.29) is 6.04 Å². The van der Waals surface area contributed by atoms with Gasteiger partial charge in [-0.2, -0.15) is 0 Å². The molecule has 6 heteroatoms. The molecule has 102 valence electrons. The van der Waals surface area contributed by atoms with Gasteiger partial charge < -0.3 is 9.84 Å². The largest absolute Gasteiger partial charge is 0.361 e. The molecule has 0 aliphatic rings. The number of rotatable bonds is 3.